The van der Waals surface area contributed by atoms with Crippen molar-refractivity contribution in [1.82, 2.24) is 24.5 Å². The van der Waals surface area contributed by atoms with Gasteiger partial charge in [-0.3, -0.25) is 9.36 Å². The Balaban J connectivity index is 1.55. The first-order valence-corrected chi connectivity index (χ1v) is 9.07. The quantitative estimate of drug-likeness (QED) is 0.561. The van der Waals surface area contributed by atoms with E-state index in [1.165, 1.54) is 6.33 Å². The fraction of sp³-hybridized carbons (Fsp3) is 0.150. The molecule has 0 atom stereocenters. The molecule has 0 saturated carbocycles. The largest absolute Gasteiger partial charge is 0.475 e. The number of ether oxygens (including phenoxy) is 1. The van der Waals surface area contributed by atoms with Gasteiger partial charge in [0.25, 0.3) is 5.91 Å². The number of anilines is 2. The smallest absolute Gasteiger partial charge is 0.267 e. The molecule has 0 spiro atoms. The first kappa shape index (κ1) is 17.1. The molecule has 2 N–H and O–H groups in total. The number of hydrogen-bond donors (Lipinski definition) is 1. The van der Waals surface area contributed by atoms with E-state index >= 15 is 0 Å². The van der Waals surface area contributed by atoms with Gasteiger partial charge in [-0.05, 0) is 30.7 Å². The minimum absolute atomic E-state index is 0.0949. The van der Waals surface area contributed by atoms with Gasteiger partial charge in [-0.2, -0.15) is 0 Å². The van der Waals surface area contributed by atoms with Crippen molar-refractivity contribution in [3.05, 3.63) is 60.3 Å². The highest BCUT2D eigenvalue weighted by atomic mass is 16.5. The highest BCUT2D eigenvalue weighted by Gasteiger charge is 2.29. The van der Waals surface area contributed by atoms with Gasteiger partial charge < -0.3 is 15.4 Å². The number of amides is 1. The lowest BCUT2D eigenvalue weighted by Gasteiger charge is -2.20. The van der Waals surface area contributed by atoms with Crippen LogP contribution in [0.15, 0.2) is 49.2 Å². The van der Waals surface area contributed by atoms with Crippen LogP contribution in [0.3, 0.4) is 0 Å². The van der Waals surface area contributed by atoms with Gasteiger partial charge in [-0.1, -0.05) is 6.07 Å². The summed E-state index contributed by atoms with van der Waals surface area (Å²) in [5.74, 6) is 0.772. The van der Waals surface area contributed by atoms with Gasteiger partial charge in [0.05, 0.1) is 18.4 Å². The lowest BCUT2D eigenvalue weighted by atomic mass is 10.2. The topological polar surface area (TPSA) is 112 Å². The molecule has 9 heteroatoms. The van der Waals surface area contributed by atoms with Gasteiger partial charge in [-0.25, -0.2) is 19.9 Å². The van der Waals surface area contributed by atoms with Gasteiger partial charge in [0.1, 0.15) is 35.8 Å². The fourth-order valence-electron chi connectivity index (χ4n) is 3.36. The van der Waals surface area contributed by atoms with Crippen molar-refractivity contribution in [1.29, 1.82) is 0 Å². The van der Waals surface area contributed by atoms with Gasteiger partial charge in [0.15, 0.2) is 0 Å². The second-order valence-electron chi connectivity index (χ2n) is 6.73. The summed E-state index contributed by atoms with van der Waals surface area (Å²) in [7, 11) is 0. The summed E-state index contributed by atoms with van der Waals surface area (Å²) in [5.41, 5.74) is 8.57. The predicted octanol–water partition coefficient (Wildman–Crippen LogP) is 2.14. The second kappa shape index (κ2) is 6.55. The molecule has 1 aliphatic heterocycles. The van der Waals surface area contributed by atoms with Crippen LogP contribution in [-0.4, -0.2) is 43.6 Å². The Morgan fingerprint density at radius 2 is 2.00 bits per heavy atom. The van der Waals surface area contributed by atoms with E-state index in [2.05, 4.69) is 19.9 Å². The molecule has 9 nitrogen and oxygen atoms in total. The molecule has 4 aromatic heterocycles. The van der Waals surface area contributed by atoms with E-state index in [9.17, 15) is 4.79 Å². The van der Waals surface area contributed by atoms with E-state index < -0.39 is 0 Å². The van der Waals surface area contributed by atoms with Gasteiger partial charge in [0, 0.05) is 17.8 Å². The van der Waals surface area contributed by atoms with E-state index in [4.69, 9.17) is 10.5 Å². The molecule has 0 saturated heterocycles. The van der Waals surface area contributed by atoms with Crippen molar-refractivity contribution in [2.24, 2.45) is 0 Å². The van der Waals surface area contributed by atoms with Crippen LogP contribution in [-0.2, 0) is 0 Å². The maximum Gasteiger partial charge on any atom is 0.267 e. The number of aryl methyl sites for hydroxylation is 1. The van der Waals surface area contributed by atoms with Crippen molar-refractivity contribution in [2.75, 3.05) is 23.8 Å². The average Bonchev–Trinajstić information content (AvgIpc) is 3.06. The van der Waals surface area contributed by atoms with Gasteiger partial charge >= 0.3 is 0 Å². The van der Waals surface area contributed by atoms with Crippen molar-refractivity contribution in [3.63, 3.8) is 0 Å². The van der Waals surface area contributed by atoms with Crippen molar-refractivity contribution >= 4 is 28.4 Å². The zero-order chi connectivity index (χ0) is 20.0. The highest BCUT2D eigenvalue weighted by Crippen LogP contribution is 2.29. The van der Waals surface area contributed by atoms with Crippen LogP contribution < -0.4 is 15.4 Å². The summed E-state index contributed by atoms with van der Waals surface area (Å²) in [5, 5.41) is 0.889. The average molecular weight is 387 g/mol. The van der Waals surface area contributed by atoms with Crippen molar-refractivity contribution in [3.8, 4) is 11.7 Å². The molecular formula is C20H17N7O2. The monoisotopic (exact) mass is 387 g/mol. The van der Waals surface area contributed by atoms with E-state index in [0.29, 0.717) is 18.8 Å². The molecule has 1 aliphatic rings. The molecule has 0 aromatic carbocycles. The predicted molar refractivity (Wildman–Crippen MR) is 107 cm³/mol. The first-order chi connectivity index (χ1) is 14.1. The molecule has 4 aromatic rings. The van der Waals surface area contributed by atoms with Crippen LogP contribution in [0.2, 0.25) is 0 Å². The minimum atomic E-state index is -0.309. The summed E-state index contributed by atoms with van der Waals surface area (Å²) in [4.78, 5) is 31.7. The summed E-state index contributed by atoms with van der Waals surface area (Å²) in [6.45, 7) is 2.64. The van der Waals surface area contributed by atoms with Gasteiger partial charge in [-0.15, -0.1) is 0 Å². The molecule has 0 radical (unpaired) electrons. The highest BCUT2D eigenvalue weighted by molar-refractivity contribution is 6.11. The third-order valence-electron chi connectivity index (χ3n) is 4.82. The Morgan fingerprint density at radius 1 is 1.10 bits per heavy atom. The molecule has 0 fully saturated rings. The first-order valence-electron chi connectivity index (χ1n) is 9.07. The van der Waals surface area contributed by atoms with Gasteiger partial charge in [0.2, 0.25) is 5.88 Å². The van der Waals surface area contributed by atoms with Crippen LogP contribution in [0.1, 0.15) is 15.9 Å². The molecule has 144 valence electrons. The number of nitrogen functional groups attached to an aromatic ring is 1. The third-order valence-corrected chi connectivity index (χ3v) is 4.82. The number of nitrogens with zero attached hydrogens (tertiary/aromatic N) is 6. The van der Waals surface area contributed by atoms with E-state index in [1.807, 2.05) is 48.1 Å². The standard InChI is InChI=1S/C20H17N7O2/c1-12-2-3-15(22-9-12)27-5-4-13-8-14(10-23-18(13)27)26-6-7-29-19-16(20(26)28)17(21)24-11-25-19/h2-5,8-11H,6-7H2,1H3,(H2,21,24,25). The van der Waals surface area contributed by atoms with Crippen molar-refractivity contribution in [2.45, 2.75) is 6.92 Å². The van der Waals surface area contributed by atoms with Crippen LogP contribution in [0.5, 0.6) is 5.88 Å². The molecule has 0 aliphatic carbocycles. The molecule has 5 rings (SSSR count). The molecule has 1 amide bonds. The minimum Gasteiger partial charge on any atom is -0.475 e. The maximum atomic E-state index is 13.1. The Morgan fingerprint density at radius 3 is 2.83 bits per heavy atom. The van der Waals surface area contributed by atoms with E-state index in [1.54, 1.807) is 11.1 Å². The van der Waals surface area contributed by atoms with Crippen LogP contribution >= 0.6 is 0 Å². The molecular weight excluding hydrogens is 370 g/mol. The number of aromatic nitrogens is 5. The molecule has 0 unspecified atom stereocenters. The summed E-state index contributed by atoms with van der Waals surface area (Å²) >= 11 is 0. The Hall–Kier alpha value is -4.01. The van der Waals surface area contributed by atoms with Crippen molar-refractivity contribution < 1.29 is 9.53 Å². The molecule has 5 heterocycles. The van der Waals surface area contributed by atoms with E-state index in [0.717, 1.165) is 22.4 Å². The lowest BCUT2D eigenvalue weighted by molar-refractivity contribution is 0.0990. The third kappa shape index (κ3) is 2.83. The number of rotatable bonds is 2. The van der Waals surface area contributed by atoms with Crippen LogP contribution in [0.4, 0.5) is 11.5 Å². The number of carbonyl (C=O) groups is 1. The normalized spacial score (nSPS) is 13.8. The number of pyridine rings is 2. The fourth-order valence-corrected chi connectivity index (χ4v) is 3.36. The maximum absolute atomic E-state index is 13.1. The zero-order valence-electron chi connectivity index (χ0n) is 15.6. The Labute approximate surface area is 165 Å². The number of hydrogen-bond acceptors (Lipinski definition) is 7. The van der Waals surface area contributed by atoms with Crippen LogP contribution in [0, 0.1) is 6.92 Å². The molecule has 29 heavy (non-hydrogen) atoms. The number of nitrogens with two attached hydrogens (primary N) is 1. The summed E-state index contributed by atoms with van der Waals surface area (Å²) < 4.78 is 7.49. The Kier molecular flexibility index (Phi) is 3.87. The lowest BCUT2D eigenvalue weighted by Crippen LogP contribution is -2.32. The summed E-state index contributed by atoms with van der Waals surface area (Å²) in [6, 6.07) is 7.80. The number of carbonyl (C=O) groups excluding carboxylic acids is 1. The number of fused-ring (bicyclic) bond motifs is 2. The summed E-state index contributed by atoms with van der Waals surface area (Å²) in [6.07, 6.45) is 6.67. The second-order valence-corrected chi connectivity index (χ2v) is 6.73. The molecule has 0 bridgehead atoms. The van der Waals surface area contributed by atoms with E-state index in [-0.39, 0.29) is 23.2 Å². The zero-order valence-corrected chi connectivity index (χ0v) is 15.6. The SMILES string of the molecule is Cc1ccc(-n2ccc3cc(N4CCOc5ncnc(N)c5C4=O)cnc32)nc1. The van der Waals surface area contributed by atoms with Crippen LogP contribution in [0.25, 0.3) is 16.9 Å². The Bertz CT molecular complexity index is 1230.